The smallest absolute Gasteiger partial charge is 0.138 e. The van der Waals surface area contributed by atoms with Gasteiger partial charge >= 0.3 is 0 Å². The molecule has 0 amide bonds. The van der Waals surface area contributed by atoms with Gasteiger partial charge in [-0.25, -0.2) is 4.98 Å². The van der Waals surface area contributed by atoms with Gasteiger partial charge in [0.05, 0.1) is 33.5 Å². The van der Waals surface area contributed by atoms with Crippen LogP contribution in [-0.4, -0.2) is 19.1 Å². The summed E-state index contributed by atoms with van der Waals surface area (Å²) in [6, 6.07) is 54.6. The predicted octanol–water partition coefficient (Wildman–Crippen LogP) is 11.1. The van der Waals surface area contributed by atoms with E-state index in [9.17, 15) is 0 Å². The van der Waals surface area contributed by atoms with Crippen LogP contribution in [0.1, 0.15) is 0 Å². The number of para-hydroxylation sites is 3. The highest BCUT2D eigenvalue weighted by molar-refractivity contribution is 6.15. The van der Waals surface area contributed by atoms with Crippen LogP contribution in [-0.2, 0) is 0 Å². The van der Waals surface area contributed by atoms with Gasteiger partial charge < -0.3 is 4.57 Å². The van der Waals surface area contributed by atoms with E-state index in [0.29, 0.717) is 0 Å². The second kappa shape index (κ2) is 9.50. The molecule has 0 spiro atoms. The van der Waals surface area contributed by atoms with Crippen molar-refractivity contribution in [2.24, 2.45) is 0 Å². The quantitative estimate of drug-likeness (QED) is 0.199. The molecule has 0 saturated heterocycles. The molecule has 0 radical (unpaired) electrons. The normalized spacial score (nSPS) is 12.2. The summed E-state index contributed by atoms with van der Waals surface area (Å²) in [5.74, 6) is 0.913. The first-order valence-electron chi connectivity index (χ1n) is 16.3. The number of hydrogen-bond donors (Lipinski definition) is 0. The lowest BCUT2D eigenvalue weighted by Gasteiger charge is -2.11. The van der Waals surface area contributed by atoms with E-state index >= 15 is 0 Å². The summed E-state index contributed by atoms with van der Waals surface area (Å²) in [7, 11) is 0. The molecule has 4 heterocycles. The second-order valence-electron chi connectivity index (χ2n) is 12.6. The minimum atomic E-state index is 0.913. The summed E-state index contributed by atoms with van der Waals surface area (Å²) in [5, 5.41) is 7.28. The van der Waals surface area contributed by atoms with Gasteiger partial charge in [0.25, 0.3) is 0 Å². The molecule has 0 fully saturated rings. The Kier molecular flexibility index (Phi) is 5.08. The Morgan fingerprint density at radius 3 is 1.98 bits per heavy atom. The fourth-order valence-electron chi connectivity index (χ4n) is 8.02. The SMILES string of the molecule is c1ccc(-n2c3ccccc3c3cc(-c4ccc5c6ccccc6n(-c6cc7cccc8c7c(n6)-c6cccnc6-8)c5c4)ccc32)cc1. The first-order chi connectivity index (χ1) is 23.8. The van der Waals surface area contributed by atoms with E-state index < -0.39 is 0 Å². The molecule has 4 heteroatoms. The Morgan fingerprint density at radius 1 is 0.417 bits per heavy atom. The number of aromatic nitrogens is 4. The lowest BCUT2D eigenvalue weighted by atomic mass is 10.0. The van der Waals surface area contributed by atoms with Gasteiger partial charge in [-0.2, -0.15) is 0 Å². The van der Waals surface area contributed by atoms with Crippen molar-refractivity contribution in [2.75, 3.05) is 0 Å². The van der Waals surface area contributed by atoms with E-state index in [1.54, 1.807) is 0 Å². The zero-order valence-electron chi connectivity index (χ0n) is 25.8. The number of fused-ring (bicyclic) bond motifs is 9. The summed E-state index contributed by atoms with van der Waals surface area (Å²) in [6.45, 7) is 0. The molecular weight excluding hydrogens is 585 g/mol. The molecular formula is C44H26N4. The van der Waals surface area contributed by atoms with E-state index in [1.165, 1.54) is 60.2 Å². The van der Waals surface area contributed by atoms with Gasteiger partial charge in [0.1, 0.15) is 5.82 Å². The molecule has 0 unspecified atom stereocenters. The Labute approximate surface area is 275 Å². The highest BCUT2D eigenvalue weighted by Gasteiger charge is 2.25. The second-order valence-corrected chi connectivity index (χ2v) is 12.6. The molecule has 0 bridgehead atoms. The van der Waals surface area contributed by atoms with Gasteiger partial charge in [-0.1, -0.05) is 91.0 Å². The maximum atomic E-state index is 5.38. The van der Waals surface area contributed by atoms with Gasteiger partial charge in [-0.05, 0) is 77.2 Å². The average Bonchev–Trinajstić information content (AvgIpc) is 3.78. The number of hydrogen-bond acceptors (Lipinski definition) is 2. The third-order valence-electron chi connectivity index (χ3n) is 10.1. The van der Waals surface area contributed by atoms with Crippen molar-refractivity contribution in [2.45, 2.75) is 0 Å². The van der Waals surface area contributed by atoms with Gasteiger partial charge in [0, 0.05) is 49.9 Å². The monoisotopic (exact) mass is 610 g/mol. The maximum absolute atomic E-state index is 5.38. The minimum absolute atomic E-state index is 0.913. The molecule has 0 atom stereocenters. The molecule has 1 aliphatic rings. The van der Waals surface area contributed by atoms with E-state index in [-0.39, 0.29) is 0 Å². The molecule has 0 aliphatic heterocycles. The van der Waals surface area contributed by atoms with Crippen LogP contribution in [0.3, 0.4) is 0 Å². The summed E-state index contributed by atoms with van der Waals surface area (Å²) in [5.41, 5.74) is 12.5. The van der Waals surface area contributed by atoms with Crippen molar-refractivity contribution in [3.05, 3.63) is 158 Å². The highest BCUT2D eigenvalue weighted by atomic mass is 15.1. The van der Waals surface area contributed by atoms with Crippen molar-refractivity contribution in [3.63, 3.8) is 0 Å². The van der Waals surface area contributed by atoms with E-state index in [4.69, 9.17) is 9.97 Å². The summed E-state index contributed by atoms with van der Waals surface area (Å²) in [4.78, 5) is 10.1. The molecule has 10 aromatic rings. The molecule has 4 aromatic heterocycles. The van der Waals surface area contributed by atoms with Crippen LogP contribution in [0.5, 0.6) is 0 Å². The lowest BCUT2D eigenvalue weighted by Crippen LogP contribution is -1.99. The Balaban J connectivity index is 1.15. The maximum Gasteiger partial charge on any atom is 0.138 e. The van der Waals surface area contributed by atoms with Crippen LogP contribution in [0, 0.1) is 0 Å². The molecule has 0 N–H and O–H groups in total. The van der Waals surface area contributed by atoms with Crippen LogP contribution < -0.4 is 0 Å². The molecule has 6 aromatic carbocycles. The van der Waals surface area contributed by atoms with Gasteiger partial charge in [0.2, 0.25) is 0 Å². The van der Waals surface area contributed by atoms with E-state index in [0.717, 1.165) is 39.4 Å². The Bertz CT molecular complexity index is 2950. The van der Waals surface area contributed by atoms with E-state index in [2.05, 4.69) is 155 Å². The largest absolute Gasteiger partial charge is 0.309 e. The summed E-state index contributed by atoms with van der Waals surface area (Å²) >= 11 is 0. The molecule has 11 rings (SSSR count). The highest BCUT2D eigenvalue weighted by Crippen LogP contribution is 2.46. The van der Waals surface area contributed by atoms with Gasteiger partial charge in [0.15, 0.2) is 0 Å². The Morgan fingerprint density at radius 2 is 1.10 bits per heavy atom. The third-order valence-corrected chi connectivity index (χ3v) is 10.1. The minimum Gasteiger partial charge on any atom is -0.309 e. The van der Waals surface area contributed by atoms with Crippen molar-refractivity contribution in [3.8, 4) is 45.1 Å². The van der Waals surface area contributed by atoms with Crippen LogP contribution in [0.25, 0.3) is 99.5 Å². The zero-order valence-corrected chi connectivity index (χ0v) is 25.8. The topological polar surface area (TPSA) is 35.6 Å². The fourth-order valence-corrected chi connectivity index (χ4v) is 8.02. The van der Waals surface area contributed by atoms with Crippen molar-refractivity contribution < 1.29 is 0 Å². The fraction of sp³-hybridized carbons (Fsp3) is 0. The average molecular weight is 611 g/mol. The molecule has 0 saturated carbocycles. The summed E-state index contributed by atoms with van der Waals surface area (Å²) in [6.07, 6.45) is 1.87. The van der Waals surface area contributed by atoms with Crippen LogP contribution in [0.2, 0.25) is 0 Å². The van der Waals surface area contributed by atoms with E-state index in [1.807, 2.05) is 12.3 Å². The van der Waals surface area contributed by atoms with Crippen molar-refractivity contribution >= 4 is 54.4 Å². The molecule has 222 valence electrons. The van der Waals surface area contributed by atoms with Crippen LogP contribution in [0.15, 0.2) is 158 Å². The summed E-state index contributed by atoms with van der Waals surface area (Å²) < 4.78 is 4.70. The predicted molar refractivity (Wildman–Crippen MR) is 198 cm³/mol. The molecule has 1 aliphatic carbocycles. The van der Waals surface area contributed by atoms with Crippen molar-refractivity contribution in [1.82, 2.24) is 19.1 Å². The zero-order chi connectivity index (χ0) is 31.3. The van der Waals surface area contributed by atoms with Gasteiger partial charge in [-0.15, -0.1) is 0 Å². The first-order valence-corrected chi connectivity index (χ1v) is 16.3. The third kappa shape index (κ3) is 3.43. The first kappa shape index (κ1) is 25.6. The molecule has 4 nitrogen and oxygen atoms in total. The Hall–Kier alpha value is -6.52. The number of benzene rings is 6. The van der Waals surface area contributed by atoms with Gasteiger partial charge in [-0.3, -0.25) is 9.55 Å². The standard InChI is InChI=1S/C44H26N4/c1-2-11-30(12-3-1)47-37-17-6-5-14-32(37)36-24-27(20-22-39(36)47)28-19-21-33-31-13-4-7-18-38(31)48(40(33)25-28)41-26-29-10-8-15-34-42(29)44(46-41)35-16-9-23-45-43(34)35/h1-26H. The van der Waals surface area contributed by atoms with Crippen LogP contribution in [0.4, 0.5) is 0 Å². The van der Waals surface area contributed by atoms with Crippen LogP contribution >= 0.6 is 0 Å². The number of nitrogens with zero attached hydrogens (tertiary/aromatic N) is 4. The molecule has 48 heavy (non-hydrogen) atoms. The number of pyridine rings is 2. The number of rotatable bonds is 3. The van der Waals surface area contributed by atoms with Crippen molar-refractivity contribution in [1.29, 1.82) is 0 Å². The lowest BCUT2D eigenvalue weighted by molar-refractivity contribution is 1.09.